The number of benzene rings is 1. The second-order valence-electron chi connectivity index (χ2n) is 3.50. The second kappa shape index (κ2) is 3.61. The number of hydrogen-bond donors (Lipinski definition) is 0. The smallest absolute Gasteiger partial charge is 0.00611 e. The van der Waals surface area contributed by atoms with Crippen molar-refractivity contribution in [3.8, 4) is 0 Å². The Balaban J connectivity index is 2.22. The van der Waals surface area contributed by atoms with E-state index >= 15 is 0 Å². The topological polar surface area (TPSA) is 0 Å². The van der Waals surface area contributed by atoms with E-state index in [1.54, 1.807) is 0 Å². The van der Waals surface area contributed by atoms with E-state index in [1.165, 1.54) is 16.7 Å². The summed E-state index contributed by atoms with van der Waals surface area (Å²) >= 11 is 0. The third-order valence-electron chi connectivity index (χ3n) is 2.55. The summed E-state index contributed by atoms with van der Waals surface area (Å²) in [5.74, 6) is 0. The molecular weight excluding hydrogens is 156 g/mol. The van der Waals surface area contributed by atoms with E-state index in [1.807, 2.05) is 6.08 Å². The Labute approximate surface area is 79.6 Å². The number of rotatable bonds is 2. The molecule has 0 nitrogen and oxygen atoms in total. The minimum absolute atomic E-state index is 1.04. The third-order valence-corrected chi connectivity index (χ3v) is 2.55. The van der Waals surface area contributed by atoms with Gasteiger partial charge in [0.15, 0.2) is 0 Å². The largest absolute Gasteiger partial charge is 0.103 e. The molecule has 0 bridgehead atoms. The van der Waals surface area contributed by atoms with Gasteiger partial charge in [-0.3, -0.25) is 0 Å². The normalized spacial score (nSPS) is 14.6. The summed E-state index contributed by atoms with van der Waals surface area (Å²) in [4.78, 5) is 0. The van der Waals surface area contributed by atoms with Gasteiger partial charge in [0.05, 0.1) is 0 Å². The van der Waals surface area contributed by atoms with Crippen LogP contribution in [0.5, 0.6) is 0 Å². The molecular formula is C13H14. The van der Waals surface area contributed by atoms with Gasteiger partial charge in [-0.15, -0.1) is 6.58 Å². The van der Waals surface area contributed by atoms with Crippen molar-refractivity contribution in [2.45, 2.75) is 19.3 Å². The van der Waals surface area contributed by atoms with Gasteiger partial charge in [-0.2, -0.15) is 0 Å². The van der Waals surface area contributed by atoms with Crippen LogP contribution in [-0.2, 0) is 12.8 Å². The van der Waals surface area contributed by atoms with Crippen LogP contribution in [0.15, 0.2) is 48.6 Å². The molecule has 1 aromatic rings. The summed E-state index contributed by atoms with van der Waals surface area (Å²) in [6.45, 7) is 3.77. The lowest BCUT2D eigenvalue weighted by Gasteiger charge is -2.15. The van der Waals surface area contributed by atoms with Crippen LogP contribution in [0.4, 0.5) is 0 Å². The molecule has 0 fully saturated rings. The van der Waals surface area contributed by atoms with Gasteiger partial charge in [-0.25, -0.2) is 0 Å². The Bertz CT molecular complexity index is 345. The molecule has 0 saturated carbocycles. The first-order valence-corrected chi connectivity index (χ1v) is 4.75. The summed E-state index contributed by atoms with van der Waals surface area (Å²) in [6.07, 6.45) is 7.57. The van der Waals surface area contributed by atoms with E-state index in [0.717, 1.165) is 19.3 Å². The quantitative estimate of drug-likeness (QED) is 0.597. The molecule has 66 valence electrons. The maximum atomic E-state index is 3.77. The molecule has 0 unspecified atom stereocenters. The van der Waals surface area contributed by atoms with Gasteiger partial charge < -0.3 is 0 Å². The van der Waals surface area contributed by atoms with E-state index in [2.05, 4.69) is 36.9 Å². The van der Waals surface area contributed by atoms with Crippen LogP contribution in [0, 0.1) is 0 Å². The highest BCUT2D eigenvalue weighted by atomic mass is 14.1. The number of allylic oxidation sites excluding steroid dienone is 3. The summed E-state index contributed by atoms with van der Waals surface area (Å²) in [7, 11) is 0. The highest BCUT2D eigenvalue weighted by Gasteiger charge is 2.08. The minimum atomic E-state index is 1.04. The SMILES string of the molecule is C=CCC1=CCc2ccccc2C1. The highest BCUT2D eigenvalue weighted by Crippen LogP contribution is 2.22. The summed E-state index contributed by atoms with van der Waals surface area (Å²) in [6, 6.07) is 8.68. The van der Waals surface area contributed by atoms with Gasteiger partial charge in [0, 0.05) is 0 Å². The van der Waals surface area contributed by atoms with Crippen molar-refractivity contribution in [1.82, 2.24) is 0 Å². The van der Waals surface area contributed by atoms with Gasteiger partial charge in [0.25, 0.3) is 0 Å². The first-order chi connectivity index (χ1) is 6.40. The third kappa shape index (κ3) is 1.72. The zero-order valence-corrected chi connectivity index (χ0v) is 7.79. The first-order valence-electron chi connectivity index (χ1n) is 4.75. The zero-order chi connectivity index (χ0) is 9.10. The molecule has 13 heavy (non-hydrogen) atoms. The number of hydrogen-bond acceptors (Lipinski definition) is 0. The number of fused-ring (bicyclic) bond motifs is 1. The van der Waals surface area contributed by atoms with Crippen LogP contribution >= 0.6 is 0 Å². The van der Waals surface area contributed by atoms with Crippen molar-refractivity contribution in [1.29, 1.82) is 0 Å². The Kier molecular flexibility index (Phi) is 2.31. The maximum Gasteiger partial charge on any atom is -0.00611 e. The standard InChI is InChI=1S/C13H14/c1-2-5-11-8-9-12-6-3-4-7-13(12)10-11/h2-4,6-8H,1,5,9-10H2. The van der Waals surface area contributed by atoms with Crippen LogP contribution in [0.1, 0.15) is 17.5 Å². The summed E-state index contributed by atoms with van der Waals surface area (Å²) < 4.78 is 0. The first kappa shape index (κ1) is 8.31. The summed E-state index contributed by atoms with van der Waals surface area (Å²) in [5, 5.41) is 0. The predicted molar refractivity (Wildman–Crippen MR) is 56.7 cm³/mol. The molecule has 0 heteroatoms. The summed E-state index contributed by atoms with van der Waals surface area (Å²) in [5.41, 5.74) is 4.48. The van der Waals surface area contributed by atoms with Gasteiger partial charge in [0.2, 0.25) is 0 Å². The lowest BCUT2D eigenvalue weighted by atomic mass is 9.90. The lowest BCUT2D eigenvalue weighted by molar-refractivity contribution is 0.976. The Hall–Kier alpha value is -1.30. The fraction of sp³-hybridized carbons (Fsp3) is 0.231. The van der Waals surface area contributed by atoms with Gasteiger partial charge in [-0.1, -0.05) is 42.0 Å². The van der Waals surface area contributed by atoms with Crippen molar-refractivity contribution in [3.05, 3.63) is 59.7 Å². The fourth-order valence-corrected chi connectivity index (χ4v) is 1.84. The molecule has 0 radical (unpaired) electrons. The van der Waals surface area contributed by atoms with Crippen molar-refractivity contribution in [2.24, 2.45) is 0 Å². The average Bonchev–Trinajstić information content (AvgIpc) is 2.18. The predicted octanol–water partition coefficient (Wildman–Crippen LogP) is 3.29. The molecule has 2 rings (SSSR count). The molecule has 0 aliphatic heterocycles. The van der Waals surface area contributed by atoms with Crippen molar-refractivity contribution in [3.63, 3.8) is 0 Å². The Morgan fingerprint density at radius 1 is 1.23 bits per heavy atom. The monoisotopic (exact) mass is 170 g/mol. The molecule has 0 amide bonds. The van der Waals surface area contributed by atoms with E-state index < -0.39 is 0 Å². The fourth-order valence-electron chi connectivity index (χ4n) is 1.84. The van der Waals surface area contributed by atoms with Crippen molar-refractivity contribution < 1.29 is 0 Å². The van der Waals surface area contributed by atoms with Crippen LogP contribution in [-0.4, -0.2) is 0 Å². The molecule has 1 aliphatic rings. The van der Waals surface area contributed by atoms with Crippen LogP contribution < -0.4 is 0 Å². The van der Waals surface area contributed by atoms with Gasteiger partial charge in [0.1, 0.15) is 0 Å². The molecule has 0 saturated heterocycles. The van der Waals surface area contributed by atoms with Crippen LogP contribution in [0.3, 0.4) is 0 Å². The highest BCUT2D eigenvalue weighted by molar-refractivity contribution is 5.37. The molecule has 0 N–H and O–H groups in total. The average molecular weight is 170 g/mol. The Morgan fingerprint density at radius 2 is 2.00 bits per heavy atom. The van der Waals surface area contributed by atoms with E-state index in [4.69, 9.17) is 0 Å². The maximum absolute atomic E-state index is 3.77. The van der Waals surface area contributed by atoms with Crippen molar-refractivity contribution >= 4 is 0 Å². The van der Waals surface area contributed by atoms with E-state index in [-0.39, 0.29) is 0 Å². The van der Waals surface area contributed by atoms with Gasteiger partial charge in [-0.05, 0) is 30.4 Å². The van der Waals surface area contributed by atoms with Crippen molar-refractivity contribution in [2.75, 3.05) is 0 Å². The van der Waals surface area contributed by atoms with Crippen LogP contribution in [0.25, 0.3) is 0 Å². The molecule has 0 heterocycles. The molecule has 1 aromatic carbocycles. The minimum Gasteiger partial charge on any atom is -0.103 e. The Morgan fingerprint density at radius 3 is 2.77 bits per heavy atom. The van der Waals surface area contributed by atoms with E-state index in [9.17, 15) is 0 Å². The zero-order valence-electron chi connectivity index (χ0n) is 7.79. The lowest BCUT2D eigenvalue weighted by Crippen LogP contribution is -2.01. The molecule has 0 spiro atoms. The molecule has 0 atom stereocenters. The molecule has 1 aliphatic carbocycles. The molecule has 0 aromatic heterocycles. The second-order valence-corrected chi connectivity index (χ2v) is 3.50. The van der Waals surface area contributed by atoms with Gasteiger partial charge >= 0.3 is 0 Å². The van der Waals surface area contributed by atoms with Crippen LogP contribution in [0.2, 0.25) is 0 Å². The van der Waals surface area contributed by atoms with E-state index in [0.29, 0.717) is 0 Å².